The van der Waals surface area contributed by atoms with Gasteiger partial charge >= 0.3 is 6.09 Å². The second-order valence-corrected chi connectivity index (χ2v) is 6.13. The average Bonchev–Trinajstić information content (AvgIpc) is 2.38. The number of ether oxygens (including phenoxy) is 2. The maximum atomic E-state index is 11.8. The molecule has 0 aliphatic heterocycles. The molecule has 0 saturated carbocycles. The van der Waals surface area contributed by atoms with E-state index in [0.717, 1.165) is 5.56 Å². The topological polar surface area (TPSA) is 67.9 Å². The van der Waals surface area contributed by atoms with Gasteiger partial charge in [0, 0.05) is 14.1 Å². The van der Waals surface area contributed by atoms with Crippen LogP contribution in [-0.2, 0) is 16.0 Å². The first-order valence-electron chi connectivity index (χ1n) is 6.99. The van der Waals surface area contributed by atoms with Crippen molar-refractivity contribution in [2.24, 2.45) is 0 Å². The second kappa shape index (κ2) is 7.15. The molecular weight excluding hydrogens is 284 g/mol. The molecule has 6 nitrogen and oxygen atoms in total. The number of likely N-dealkylation sites (N-methyl/N-ethyl adjacent to an activating group) is 1. The SMILES string of the molecule is COc1cc(CC(=O)N(C)C)ccc1NC(=O)OC(C)(C)C. The van der Waals surface area contributed by atoms with Crippen molar-refractivity contribution in [3.8, 4) is 5.75 Å². The molecule has 6 heteroatoms. The van der Waals surface area contributed by atoms with Gasteiger partial charge in [0.2, 0.25) is 5.91 Å². The normalized spacial score (nSPS) is 10.8. The molecule has 0 spiro atoms. The van der Waals surface area contributed by atoms with Crippen LogP contribution in [0.1, 0.15) is 26.3 Å². The van der Waals surface area contributed by atoms with Crippen LogP contribution >= 0.6 is 0 Å². The van der Waals surface area contributed by atoms with Gasteiger partial charge in [-0.2, -0.15) is 0 Å². The van der Waals surface area contributed by atoms with Crippen molar-refractivity contribution in [3.05, 3.63) is 23.8 Å². The fourth-order valence-electron chi connectivity index (χ4n) is 1.70. The molecule has 2 amide bonds. The third-order valence-corrected chi connectivity index (χ3v) is 2.76. The number of rotatable bonds is 4. The number of amides is 2. The second-order valence-electron chi connectivity index (χ2n) is 6.13. The number of hydrogen-bond donors (Lipinski definition) is 1. The Morgan fingerprint density at radius 3 is 2.36 bits per heavy atom. The van der Waals surface area contributed by atoms with E-state index in [9.17, 15) is 9.59 Å². The molecule has 1 N–H and O–H groups in total. The highest BCUT2D eigenvalue weighted by molar-refractivity contribution is 5.87. The minimum atomic E-state index is -0.574. The highest BCUT2D eigenvalue weighted by atomic mass is 16.6. The van der Waals surface area contributed by atoms with Gasteiger partial charge in [0.05, 0.1) is 19.2 Å². The van der Waals surface area contributed by atoms with Gasteiger partial charge in [-0.25, -0.2) is 4.79 Å². The Morgan fingerprint density at radius 1 is 1.23 bits per heavy atom. The van der Waals surface area contributed by atoms with E-state index < -0.39 is 11.7 Å². The van der Waals surface area contributed by atoms with Crippen molar-refractivity contribution in [1.82, 2.24) is 4.90 Å². The average molecular weight is 308 g/mol. The minimum Gasteiger partial charge on any atom is -0.495 e. The van der Waals surface area contributed by atoms with Gasteiger partial charge in [-0.3, -0.25) is 10.1 Å². The molecule has 122 valence electrons. The lowest BCUT2D eigenvalue weighted by atomic mass is 10.1. The summed E-state index contributed by atoms with van der Waals surface area (Å²) in [6, 6.07) is 5.20. The highest BCUT2D eigenvalue weighted by Crippen LogP contribution is 2.26. The summed E-state index contributed by atoms with van der Waals surface area (Å²) >= 11 is 0. The molecule has 0 fully saturated rings. The van der Waals surface area contributed by atoms with E-state index in [4.69, 9.17) is 9.47 Å². The van der Waals surface area contributed by atoms with Crippen LogP contribution < -0.4 is 10.1 Å². The van der Waals surface area contributed by atoms with Crippen molar-refractivity contribution >= 4 is 17.7 Å². The molecule has 0 radical (unpaired) electrons. The number of hydrogen-bond acceptors (Lipinski definition) is 4. The Balaban J connectivity index is 2.85. The fraction of sp³-hybridized carbons (Fsp3) is 0.500. The predicted molar refractivity (Wildman–Crippen MR) is 85.2 cm³/mol. The maximum Gasteiger partial charge on any atom is 0.412 e. The number of carbonyl (C=O) groups excluding carboxylic acids is 2. The molecule has 22 heavy (non-hydrogen) atoms. The lowest BCUT2D eigenvalue weighted by Gasteiger charge is -2.20. The van der Waals surface area contributed by atoms with E-state index in [2.05, 4.69) is 5.32 Å². The first-order valence-corrected chi connectivity index (χ1v) is 6.99. The standard InChI is InChI=1S/C16H24N2O4/c1-16(2,3)22-15(20)17-12-8-7-11(9-13(12)21-6)10-14(19)18(4)5/h7-9H,10H2,1-6H3,(H,17,20). The molecule has 0 unspecified atom stereocenters. The summed E-state index contributed by atoms with van der Waals surface area (Å²) in [7, 11) is 4.92. The Kier molecular flexibility index (Phi) is 5.79. The Hall–Kier alpha value is -2.24. The Labute approximate surface area is 131 Å². The molecule has 0 saturated heterocycles. The monoisotopic (exact) mass is 308 g/mol. The van der Waals surface area contributed by atoms with E-state index in [0.29, 0.717) is 11.4 Å². The third-order valence-electron chi connectivity index (χ3n) is 2.76. The number of carbonyl (C=O) groups is 2. The predicted octanol–water partition coefficient (Wildman–Crippen LogP) is 2.67. The van der Waals surface area contributed by atoms with E-state index in [1.54, 1.807) is 53.1 Å². The van der Waals surface area contributed by atoms with E-state index in [1.807, 2.05) is 0 Å². The first kappa shape index (κ1) is 17.8. The number of nitrogens with zero attached hydrogens (tertiary/aromatic N) is 1. The van der Waals surface area contributed by atoms with Gasteiger partial charge in [0.1, 0.15) is 11.4 Å². The summed E-state index contributed by atoms with van der Waals surface area (Å²) in [5.41, 5.74) is 0.734. The van der Waals surface area contributed by atoms with Gasteiger partial charge in [0.15, 0.2) is 0 Å². The number of benzene rings is 1. The molecule has 1 aromatic carbocycles. The van der Waals surface area contributed by atoms with E-state index >= 15 is 0 Å². The summed E-state index contributed by atoms with van der Waals surface area (Å²) in [6.07, 6.45) is -0.279. The zero-order valence-corrected chi connectivity index (χ0v) is 14.0. The van der Waals surface area contributed by atoms with Crippen LogP contribution in [0.2, 0.25) is 0 Å². The highest BCUT2D eigenvalue weighted by Gasteiger charge is 2.18. The number of nitrogens with one attached hydrogen (secondary N) is 1. The molecular formula is C16H24N2O4. The maximum absolute atomic E-state index is 11.8. The van der Waals surface area contributed by atoms with Crippen LogP contribution in [0.25, 0.3) is 0 Å². The van der Waals surface area contributed by atoms with E-state index in [-0.39, 0.29) is 12.3 Å². The number of anilines is 1. The van der Waals surface area contributed by atoms with Crippen LogP contribution in [0.15, 0.2) is 18.2 Å². The molecule has 1 aromatic rings. The molecule has 0 aliphatic carbocycles. The van der Waals surface area contributed by atoms with Gasteiger partial charge in [-0.05, 0) is 38.5 Å². The van der Waals surface area contributed by atoms with Crippen molar-refractivity contribution in [1.29, 1.82) is 0 Å². The summed E-state index contributed by atoms with van der Waals surface area (Å²) < 4.78 is 10.5. The fourth-order valence-corrected chi connectivity index (χ4v) is 1.70. The van der Waals surface area contributed by atoms with Crippen LogP contribution in [0.4, 0.5) is 10.5 Å². The lowest BCUT2D eigenvalue weighted by Crippen LogP contribution is -2.27. The summed E-state index contributed by atoms with van der Waals surface area (Å²) in [4.78, 5) is 25.1. The van der Waals surface area contributed by atoms with Crippen LogP contribution in [0, 0.1) is 0 Å². The summed E-state index contributed by atoms with van der Waals surface area (Å²) in [6.45, 7) is 5.37. The Morgan fingerprint density at radius 2 is 1.86 bits per heavy atom. The van der Waals surface area contributed by atoms with Gasteiger partial charge in [-0.15, -0.1) is 0 Å². The first-order chi connectivity index (χ1) is 10.1. The van der Waals surface area contributed by atoms with Gasteiger partial charge in [0.25, 0.3) is 0 Å². The smallest absolute Gasteiger partial charge is 0.412 e. The zero-order valence-electron chi connectivity index (χ0n) is 14.0. The number of methoxy groups -OCH3 is 1. The van der Waals surface area contributed by atoms with Crippen molar-refractivity contribution in [3.63, 3.8) is 0 Å². The van der Waals surface area contributed by atoms with Crippen molar-refractivity contribution in [2.75, 3.05) is 26.5 Å². The molecule has 1 rings (SSSR count). The molecule has 0 aliphatic rings. The van der Waals surface area contributed by atoms with Gasteiger partial charge in [-0.1, -0.05) is 6.07 Å². The van der Waals surface area contributed by atoms with Crippen LogP contribution in [0.3, 0.4) is 0 Å². The third kappa shape index (κ3) is 5.63. The molecule has 0 atom stereocenters. The summed E-state index contributed by atoms with van der Waals surface area (Å²) in [5.74, 6) is 0.477. The van der Waals surface area contributed by atoms with Crippen LogP contribution in [0.5, 0.6) is 5.75 Å². The van der Waals surface area contributed by atoms with Crippen molar-refractivity contribution < 1.29 is 19.1 Å². The largest absolute Gasteiger partial charge is 0.495 e. The molecule has 0 heterocycles. The van der Waals surface area contributed by atoms with Crippen LogP contribution in [-0.4, -0.2) is 43.7 Å². The lowest BCUT2D eigenvalue weighted by molar-refractivity contribution is -0.127. The molecule has 0 bridgehead atoms. The zero-order chi connectivity index (χ0) is 16.9. The quantitative estimate of drug-likeness (QED) is 0.928. The van der Waals surface area contributed by atoms with Gasteiger partial charge < -0.3 is 14.4 Å². The van der Waals surface area contributed by atoms with E-state index in [1.165, 1.54) is 12.0 Å². The molecule has 0 aromatic heterocycles. The summed E-state index contributed by atoms with van der Waals surface area (Å²) in [5, 5.41) is 2.64. The van der Waals surface area contributed by atoms with Crippen molar-refractivity contribution in [2.45, 2.75) is 32.8 Å². The minimum absolute atomic E-state index is 0.00472. The Bertz CT molecular complexity index is 548.